The minimum Gasteiger partial charge on any atom is -0.313 e. The van der Waals surface area contributed by atoms with Crippen LogP contribution in [-0.2, 0) is 0 Å². The third kappa shape index (κ3) is 2.22. The molecule has 0 bridgehead atoms. The topological polar surface area (TPSA) is 24.9 Å². The minimum atomic E-state index is 0.379. The summed E-state index contributed by atoms with van der Waals surface area (Å²) < 4.78 is 0. The van der Waals surface area contributed by atoms with Crippen molar-refractivity contribution in [1.29, 1.82) is 0 Å². The van der Waals surface area contributed by atoms with Crippen LogP contribution >= 0.6 is 23.2 Å². The standard InChI is InChI=1S/C13H14Cl2N2/c14-11-5-10(7-17-13(11)15)9-4-8-2-1-3-16-12(8)6-9/h4-5,7-8,12,16H,1-3,6H2. The first-order valence-electron chi connectivity index (χ1n) is 5.99. The van der Waals surface area contributed by atoms with Gasteiger partial charge >= 0.3 is 0 Å². The molecule has 1 aromatic heterocycles. The maximum atomic E-state index is 6.01. The number of fused-ring (bicyclic) bond motifs is 1. The van der Waals surface area contributed by atoms with Crippen molar-refractivity contribution >= 4 is 28.8 Å². The van der Waals surface area contributed by atoms with Gasteiger partial charge in [0.05, 0.1) is 5.02 Å². The summed E-state index contributed by atoms with van der Waals surface area (Å²) in [5.74, 6) is 0.674. The third-order valence-electron chi connectivity index (χ3n) is 3.66. The Hall–Kier alpha value is -0.570. The highest BCUT2D eigenvalue weighted by Gasteiger charge is 2.30. The number of halogens is 2. The van der Waals surface area contributed by atoms with Crippen LogP contribution in [0.3, 0.4) is 0 Å². The van der Waals surface area contributed by atoms with Crippen LogP contribution in [0.4, 0.5) is 0 Å². The number of pyridine rings is 1. The second kappa shape index (κ2) is 4.60. The molecular formula is C13H14Cl2N2. The molecule has 2 nitrogen and oxygen atoms in total. The largest absolute Gasteiger partial charge is 0.313 e. The smallest absolute Gasteiger partial charge is 0.147 e. The van der Waals surface area contributed by atoms with E-state index in [1.807, 2.05) is 12.3 Å². The van der Waals surface area contributed by atoms with E-state index in [4.69, 9.17) is 23.2 Å². The summed E-state index contributed by atoms with van der Waals surface area (Å²) in [4.78, 5) is 4.11. The lowest BCUT2D eigenvalue weighted by Crippen LogP contribution is -2.37. The van der Waals surface area contributed by atoms with Crippen molar-refractivity contribution in [1.82, 2.24) is 10.3 Å². The van der Waals surface area contributed by atoms with E-state index < -0.39 is 0 Å². The summed E-state index contributed by atoms with van der Waals surface area (Å²) in [5, 5.41) is 4.49. The fraction of sp³-hybridized carbons (Fsp3) is 0.462. The van der Waals surface area contributed by atoms with Crippen LogP contribution in [0, 0.1) is 5.92 Å². The molecule has 2 aliphatic rings. The van der Waals surface area contributed by atoms with E-state index in [1.165, 1.54) is 18.4 Å². The van der Waals surface area contributed by atoms with Crippen LogP contribution in [0.1, 0.15) is 24.8 Å². The van der Waals surface area contributed by atoms with Gasteiger partial charge in [0.15, 0.2) is 0 Å². The average Bonchev–Trinajstić information content (AvgIpc) is 2.76. The highest BCUT2D eigenvalue weighted by molar-refractivity contribution is 6.41. The van der Waals surface area contributed by atoms with Crippen molar-refractivity contribution in [2.45, 2.75) is 25.3 Å². The molecule has 0 amide bonds. The quantitative estimate of drug-likeness (QED) is 0.789. The average molecular weight is 269 g/mol. The number of nitrogens with zero attached hydrogens (tertiary/aromatic N) is 1. The van der Waals surface area contributed by atoms with Gasteiger partial charge in [-0.15, -0.1) is 0 Å². The van der Waals surface area contributed by atoms with Crippen molar-refractivity contribution < 1.29 is 0 Å². The highest BCUT2D eigenvalue weighted by atomic mass is 35.5. The molecule has 0 saturated carbocycles. The second-order valence-electron chi connectivity index (χ2n) is 4.76. The number of aromatic nitrogens is 1. The first kappa shape index (κ1) is 11.5. The van der Waals surface area contributed by atoms with Crippen molar-refractivity contribution in [3.05, 3.63) is 34.1 Å². The van der Waals surface area contributed by atoms with E-state index in [-0.39, 0.29) is 0 Å². The van der Waals surface area contributed by atoms with E-state index >= 15 is 0 Å². The van der Waals surface area contributed by atoms with E-state index in [1.54, 1.807) is 0 Å². The zero-order chi connectivity index (χ0) is 11.8. The Balaban J connectivity index is 1.87. The summed E-state index contributed by atoms with van der Waals surface area (Å²) in [6.45, 7) is 1.14. The fourth-order valence-electron chi connectivity index (χ4n) is 2.78. The molecule has 2 atom stereocenters. The van der Waals surface area contributed by atoms with Gasteiger partial charge in [-0.1, -0.05) is 29.3 Å². The maximum absolute atomic E-state index is 6.01. The lowest BCUT2D eigenvalue weighted by Gasteiger charge is -2.25. The zero-order valence-corrected chi connectivity index (χ0v) is 10.9. The molecule has 1 aromatic rings. The molecular weight excluding hydrogens is 255 g/mol. The molecule has 1 saturated heterocycles. The van der Waals surface area contributed by atoms with Gasteiger partial charge in [-0.05, 0) is 48.9 Å². The van der Waals surface area contributed by atoms with E-state index in [2.05, 4.69) is 16.4 Å². The van der Waals surface area contributed by atoms with Gasteiger partial charge in [0.25, 0.3) is 0 Å². The summed E-state index contributed by atoms with van der Waals surface area (Å²) in [6, 6.07) is 2.52. The predicted octanol–water partition coefficient (Wildman–Crippen LogP) is 3.54. The molecule has 1 fully saturated rings. The van der Waals surface area contributed by atoms with Crippen LogP contribution in [0.5, 0.6) is 0 Å². The molecule has 1 aliphatic heterocycles. The van der Waals surface area contributed by atoms with Crippen LogP contribution in [0.25, 0.3) is 5.57 Å². The Kier molecular flexibility index (Phi) is 3.12. The van der Waals surface area contributed by atoms with Gasteiger partial charge in [0.1, 0.15) is 5.15 Å². The first-order chi connectivity index (χ1) is 8.24. The van der Waals surface area contributed by atoms with Gasteiger partial charge in [-0.25, -0.2) is 4.98 Å². The van der Waals surface area contributed by atoms with Crippen molar-refractivity contribution in [2.75, 3.05) is 6.54 Å². The highest BCUT2D eigenvalue weighted by Crippen LogP contribution is 2.36. The summed E-state index contributed by atoms with van der Waals surface area (Å²) in [7, 11) is 0. The molecule has 0 radical (unpaired) electrons. The molecule has 1 aliphatic carbocycles. The lowest BCUT2D eigenvalue weighted by atomic mass is 9.94. The lowest BCUT2D eigenvalue weighted by molar-refractivity contribution is 0.348. The third-order valence-corrected chi connectivity index (χ3v) is 4.35. The molecule has 3 rings (SSSR count). The number of piperidine rings is 1. The summed E-state index contributed by atoms with van der Waals surface area (Å²) in [5.41, 5.74) is 2.45. The number of rotatable bonds is 1. The zero-order valence-electron chi connectivity index (χ0n) is 9.42. The Bertz CT molecular complexity index is 470. The van der Waals surface area contributed by atoms with Crippen LogP contribution in [0.15, 0.2) is 18.3 Å². The first-order valence-corrected chi connectivity index (χ1v) is 6.75. The normalized spacial score (nSPS) is 27.8. The fourth-order valence-corrected chi connectivity index (χ4v) is 3.04. The molecule has 1 N–H and O–H groups in total. The molecule has 90 valence electrons. The number of hydrogen-bond acceptors (Lipinski definition) is 2. The van der Waals surface area contributed by atoms with Gasteiger partial charge in [-0.3, -0.25) is 0 Å². The molecule has 17 heavy (non-hydrogen) atoms. The summed E-state index contributed by atoms with van der Waals surface area (Å²) in [6.07, 6.45) is 7.82. The van der Waals surface area contributed by atoms with Gasteiger partial charge in [-0.2, -0.15) is 0 Å². The molecule has 0 aromatic carbocycles. The Morgan fingerprint density at radius 1 is 1.35 bits per heavy atom. The number of hydrogen-bond donors (Lipinski definition) is 1. The monoisotopic (exact) mass is 268 g/mol. The van der Waals surface area contributed by atoms with Crippen molar-refractivity contribution in [3.8, 4) is 0 Å². The van der Waals surface area contributed by atoms with E-state index in [9.17, 15) is 0 Å². The molecule has 2 heterocycles. The van der Waals surface area contributed by atoms with Crippen LogP contribution in [0.2, 0.25) is 10.2 Å². The van der Waals surface area contributed by atoms with Gasteiger partial charge < -0.3 is 5.32 Å². The van der Waals surface area contributed by atoms with Gasteiger partial charge in [0, 0.05) is 12.2 Å². The maximum Gasteiger partial charge on any atom is 0.147 e. The molecule has 2 unspecified atom stereocenters. The minimum absolute atomic E-state index is 0.379. The Morgan fingerprint density at radius 3 is 3.00 bits per heavy atom. The van der Waals surface area contributed by atoms with Gasteiger partial charge in [0.2, 0.25) is 0 Å². The van der Waals surface area contributed by atoms with Crippen molar-refractivity contribution in [2.24, 2.45) is 5.92 Å². The molecule has 0 spiro atoms. The summed E-state index contributed by atoms with van der Waals surface area (Å²) >= 11 is 11.8. The number of nitrogens with one attached hydrogen (secondary N) is 1. The predicted molar refractivity (Wildman–Crippen MR) is 71.4 cm³/mol. The second-order valence-corrected chi connectivity index (χ2v) is 5.52. The van der Waals surface area contributed by atoms with Crippen molar-refractivity contribution in [3.63, 3.8) is 0 Å². The van der Waals surface area contributed by atoms with E-state index in [0.29, 0.717) is 22.1 Å². The van der Waals surface area contributed by atoms with Crippen LogP contribution in [-0.4, -0.2) is 17.6 Å². The Labute approximate surface area is 111 Å². The molecule has 4 heteroatoms. The Morgan fingerprint density at radius 2 is 2.24 bits per heavy atom. The van der Waals surface area contributed by atoms with Crippen LogP contribution < -0.4 is 5.32 Å². The van der Waals surface area contributed by atoms with E-state index in [0.717, 1.165) is 18.5 Å². The SMILES string of the molecule is Clc1cc(C2=CC3CCCNC3C2)cnc1Cl.